The Balaban J connectivity index is 1.73. The maximum absolute atomic E-state index is 12.5. The van der Waals surface area contributed by atoms with E-state index in [1.807, 2.05) is 31.2 Å². The molecule has 2 aromatic rings. The molecule has 0 aliphatic carbocycles. The Bertz CT molecular complexity index is 990. The van der Waals surface area contributed by atoms with Crippen LogP contribution in [0.5, 0.6) is 0 Å². The van der Waals surface area contributed by atoms with Crippen LogP contribution < -0.4 is 5.32 Å². The standard InChI is InChI=1S/C20H24N4O8/c1-10-2-4-11(5-3-10)12-7-24(23-22-12)8-16(28)21-17-13(26)6-15(20(30)31)32-19(17)18(29)14(27)9-25/h2-7,13-14,17-19,25-27,29H,8-9H2,1H3,(H,21,28)(H,30,31)/t13-,14?,17?,18?,19?/m1/s1. The second-order valence-corrected chi connectivity index (χ2v) is 7.41. The molecule has 0 fully saturated rings. The molecule has 0 saturated heterocycles. The van der Waals surface area contributed by atoms with E-state index in [2.05, 4.69) is 15.6 Å². The summed E-state index contributed by atoms with van der Waals surface area (Å²) in [6.45, 7) is 0.820. The van der Waals surface area contributed by atoms with Crippen molar-refractivity contribution in [2.45, 2.75) is 43.9 Å². The van der Waals surface area contributed by atoms with E-state index in [-0.39, 0.29) is 6.54 Å². The number of nitrogens with one attached hydrogen (secondary N) is 1. The average molecular weight is 448 g/mol. The van der Waals surface area contributed by atoms with E-state index >= 15 is 0 Å². The van der Waals surface area contributed by atoms with E-state index < -0.39 is 54.7 Å². The predicted octanol–water partition coefficient (Wildman–Crippen LogP) is -1.82. The second-order valence-electron chi connectivity index (χ2n) is 7.41. The number of carboxylic acids is 1. The molecule has 2 heterocycles. The SMILES string of the molecule is Cc1ccc(-c2cn(CC(=O)NC3C(C(O)C(O)CO)OC(C(=O)O)=C[C@H]3O)nn2)cc1. The van der Waals surface area contributed by atoms with E-state index in [0.29, 0.717) is 5.69 Å². The normalized spacial score (nSPS) is 22.4. The summed E-state index contributed by atoms with van der Waals surface area (Å²) in [6.07, 6.45) is -4.13. The number of hydrogen-bond donors (Lipinski definition) is 6. The zero-order valence-electron chi connectivity index (χ0n) is 17.1. The molecule has 1 aromatic heterocycles. The summed E-state index contributed by atoms with van der Waals surface area (Å²) < 4.78 is 6.44. The number of aliphatic carboxylic acids is 1. The van der Waals surface area contributed by atoms with Gasteiger partial charge in [0, 0.05) is 5.56 Å². The average Bonchev–Trinajstić information content (AvgIpc) is 3.22. The first-order chi connectivity index (χ1) is 15.2. The monoisotopic (exact) mass is 448 g/mol. The lowest BCUT2D eigenvalue weighted by Crippen LogP contribution is -2.60. The molecule has 0 radical (unpaired) electrons. The summed E-state index contributed by atoms with van der Waals surface area (Å²) in [7, 11) is 0. The fourth-order valence-electron chi connectivity index (χ4n) is 3.22. The van der Waals surface area contributed by atoms with Crippen LogP contribution in [-0.4, -0.2) is 89.5 Å². The van der Waals surface area contributed by atoms with Gasteiger partial charge in [0.2, 0.25) is 11.7 Å². The maximum Gasteiger partial charge on any atom is 0.370 e. The molecule has 6 N–H and O–H groups in total. The molecule has 172 valence electrons. The van der Waals surface area contributed by atoms with E-state index in [4.69, 9.17) is 14.9 Å². The van der Waals surface area contributed by atoms with Crippen LogP contribution in [0.25, 0.3) is 11.3 Å². The van der Waals surface area contributed by atoms with Crippen molar-refractivity contribution >= 4 is 11.9 Å². The highest BCUT2D eigenvalue weighted by atomic mass is 16.5. The van der Waals surface area contributed by atoms with Crippen LogP contribution in [0.4, 0.5) is 0 Å². The van der Waals surface area contributed by atoms with Crippen LogP contribution in [-0.2, 0) is 20.9 Å². The minimum atomic E-state index is -1.79. The molecule has 4 unspecified atom stereocenters. The van der Waals surface area contributed by atoms with Gasteiger partial charge in [-0.25, -0.2) is 9.48 Å². The summed E-state index contributed by atoms with van der Waals surface area (Å²) >= 11 is 0. The zero-order valence-corrected chi connectivity index (χ0v) is 17.1. The lowest BCUT2D eigenvalue weighted by Gasteiger charge is -2.38. The molecular formula is C20H24N4O8. The van der Waals surface area contributed by atoms with E-state index in [0.717, 1.165) is 17.2 Å². The Hall–Kier alpha value is -3.32. The molecule has 1 aliphatic heterocycles. The minimum Gasteiger partial charge on any atom is -0.478 e. The molecule has 5 atom stereocenters. The van der Waals surface area contributed by atoms with Crippen molar-refractivity contribution in [2.75, 3.05) is 6.61 Å². The lowest BCUT2D eigenvalue weighted by molar-refractivity contribution is -0.149. The van der Waals surface area contributed by atoms with E-state index in [9.17, 15) is 24.9 Å². The van der Waals surface area contributed by atoms with Crippen molar-refractivity contribution in [1.29, 1.82) is 0 Å². The topological polar surface area (TPSA) is 187 Å². The van der Waals surface area contributed by atoms with Crippen LogP contribution in [0.15, 0.2) is 42.3 Å². The third-order valence-electron chi connectivity index (χ3n) is 4.95. The summed E-state index contributed by atoms with van der Waals surface area (Å²) in [4.78, 5) is 23.8. The molecule has 0 spiro atoms. The maximum atomic E-state index is 12.5. The number of aliphatic hydroxyl groups is 4. The molecule has 32 heavy (non-hydrogen) atoms. The Kier molecular flexibility index (Phi) is 7.20. The van der Waals surface area contributed by atoms with Crippen LogP contribution in [0.2, 0.25) is 0 Å². The van der Waals surface area contributed by atoms with Crippen molar-refractivity contribution in [1.82, 2.24) is 20.3 Å². The van der Waals surface area contributed by atoms with Gasteiger partial charge in [0.25, 0.3) is 0 Å². The molecule has 0 saturated carbocycles. The van der Waals surface area contributed by atoms with Gasteiger partial charge in [0.15, 0.2) is 6.10 Å². The molecule has 1 amide bonds. The quantitative estimate of drug-likeness (QED) is 0.268. The highest BCUT2D eigenvalue weighted by Crippen LogP contribution is 2.23. The van der Waals surface area contributed by atoms with Gasteiger partial charge in [-0.1, -0.05) is 35.0 Å². The first-order valence-corrected chi connectivity index (χ1v) is 9.73. The van der Waals surface area contributed by atoms with Crippen LogP contribution in [0, 0.1) is 6.92 Å². The van der Waals surface area contributed by atoms with Gasteiger partial charge in [-0.3, -0.25) is 4.79 Å². The molecular weight excluding hydrogens is 424 g/mol. The number of carbonyl (C=O) groups excluding carboxylic acids is 1. The van der Waals surface area contributed by atoms with Gasteiger partial charge >= 0.3 is 5.97 Å². The van der Waals surface area contributed by atoms with Gasteiger partial charge in [0.05, 0.1) is 18.8 Å². The predicted molar refractivity (Wildman–Crippen MR) is 108 cm³/mol. The van der Waals surface area contributed by atoms with Crippen molar-refractivity contribution in [3.63, 3.8) is 0 Å². The number of carbonyl (C=O) groups is 2. The summed E-state index contributed by atoms with van der Waals surface area (Å²) in [6, 6.07) is 6.25. The van der Waals surface area contributed by atoms with Crippen LogP contribution in [0.1, 0.15) is 5.56 Å². The minimum absolute atomic E-state index is 0.289. The number of benzene rings is 1. The molecule has 1 aliphatic rings. The van der Waals surface area contributed by atoms with E-state index in [1.165, 1.54) is 4.68 Å². The third-order valence-corrected chi connectivity index (χ3v) is 4.95. The number of carboxylic acid groups (broad SMARTS) is 1. The lowest BCUT2D eigenvalue weighted by atomic mass is 9.94. The van der Waals surface area contributed by atoms with Crippen LogP contribution in [0.3, 0.4) is 0 Å². The number of aliphatic hydroxyl groups excluding tert-OH is 4. The molecule has 12 nitrogen and oxygen atoms in total. The first-order valence-electron chi connectivity index (χ1n) is 9.73. The first kappa shape index (κ1) is 23.3. The fourth-order valence-corrected chi connectivity index (χ4v) is 3.22. The number of aromatic nitrogens is 3. The number of nitrogens with zero attached hydrogens (tertiary/aromatic N) is 3. The smallest absolute Gasteiger partial charge is 0.370 e. The third kappa shape index (κ3) is 5.29. The highest BCUT2D eigenvalue weighted by molar-refractivity contribution is 5.84. The van der Waals surface area contributed by atoms with Crippen molar-refractivity contribution in [2.24, 2.45) is 0 Å². The summed E-state index contributed by atoms with van der Waals surface area (Å²) in [5.74, 6) is -2.80. The molecule has 12 heteroatoms. The van der Waals surface area contributed by atoms with Crippen molar-refractivity contribution in [3.8, 4) is 11.3 Å². The Labute approximate surface area is 182 Å². The number of amides is 1. The van der Waals surface area contributed by atoms with Gasteiger partial charge in [-0.15, -0.1) is 5.10 Å². The van der Waals surface area contributed by atoms with Crippen molar-refractivity contribution in [3.05, 3.63) is 47.9 Å². The molecule has 0 bridgehead atoms. The fraction of sp³-hybridized carbons (Fsp3) is 0.400. The second kappa shape index (κ2) is 9.87. The molecule has 3 rings (SSSR count). The van der Waals surface area contributed by atoms with Gasteiger partial charge in [-0.05, 0) is 13.0 Å². The number of rotatable bonds is 8. The Morgan fingerprint density at radius 3 is 2.56 bits per heavy atom. The highest BCUT2D eigenvalue weighted by Gasteiger charge is 2.43. The van der Waals surface area contributed by atoms with Gasteiger partial charge in [-0.2, -0.15) is 0 Å². The summed E-state index contributed by atoms with van der Waals surface area (Å²) in [5.41, 5.74) is 2.44. The largest absolute Gasteiger partial charge is 0.478 e. The Morgan fingerprint density at radius 2 is 1.94 bits per heavy atom. The Morgan fingerprint density at radius 1 is 1.25 bits per heavy atom. The molecule has 1 aromatic carbocycles. The van der Waals surface area contributed by atoms with Gasteiger partial charge in [0.1, 0.15) is 30.6 Å². The zero-order chi connectivity index (χ0) is 23.4. The van der Waals surface area contributed by atoms with Crippen LogP contribution >= 0.6 is 0 Å². The van der Waals surface area contributed by atoms with E-state index in [1.54, 1.807) is 6.20 Å². The van der Waals surface area contributed by atoms with Gasteiger partial charge < -0.3 is 35.6 Å². The number of hydrogen-bond acceptors (Lipinski definition) is 9. The number of aryl methyl sites for hydroxylation is 1. The van der Waals surface area contributed by atoms with Crippen molar-refractivity contribution < 1.29 is 39.9 Å². The number of ether oxygens (including phenoxy) is 1. The summed E-state index contributed by atoms with van der Waals surface area (Å²) in [5, 5.41) is 58.9.